The molecule has 2 saturated heterocycles. The normalized spacial score (nSPS) is 21.4. The van der Waals surface area contributed by atoms with Crippen LogP contribution in [0.1, 0.15) is 42.9 Å². The number of nitrogens with zero attached hydrogens (tertiary/aromatic N) is 2. The van der Waals surface area contributed by atoms with Crippen LogP contribution in [0, 0.1) is 0 Å². The van der Waals surface area contributed by atoms with E-state index in [4.69, 9.17) is 16.3 Å². The second kappa shape index (κ2) is 12.1. The average molecular weight is 516 g/mol. The van der Waals surface area contributed by atoms with Crippen LogP contribution in [0.15, 0.2) is 48.5 Å². The summed E-state index contributed by atoms with van der Waals surface area (Å²) >= 11 is 6.10. The van der Waals surface area contributed by atoms with Gasteiger partial charge >= 0.3 is 0 Å². The molecule has 0 radical (unpaired) electrons. The Kier molecular flexibility index (Phi) is 8.85. The first-order chi connectivity index (χ1) is 17.4. The predicted molar refractivity (Wildman–Crippen MR) is 138 cm³/mol. The maximum Gasteiger partial charge on any atom is 0.255 e. The number of anilines is 1. The summed E-state index contributed by atoms with van der Waals surface area (Å²) in [7, 11) is 1.71. The van der Waals surface area contributed by atoms with E-state index in [0.29, 0.717) is 24.2 Å². The molecule has 0 bridgehead atoms. The average Bonchev–Trinajstić information content (AvgIpc) is 3.56. The minimum atomic E-state index is -1.86. The van der Waals surface area contributed by atoms with Gasteiger partial charge in [0.1, 0.15) is 0 Å². The first-order valence-electron chi connectivity index (χ1n) is 12.4. The molecule has 194 valence electrons. The van der Waals surface area contributed by atoms with Crippen LogP contribution in [0.2, 0.25) is 5.02 Å². The molecule has 0 spiro atoms. The van der Waals surface area contributed by atoms with Crippen molar-refractivity contribution >= 4 is 29.1 Å². The fourth-order valence-electron chi connectivity index (χ4n) is 5.18. The standard InChI is InChI=1S/C27H34ClN3O5/c1-36-17-22-7-3-13-30(22)21-11-9-18(10-12-21)16-29-26(34)24(32)25(33)27(35)31-14-4-8-23(31)19-5-2-6-20(28)15-19/h2,5-6,9-12,15,22-25,32-33H,3-4,7-8,13-14,16-17H2,1H3,(H,29,34)/t22-,23+,24+,25+/m0/s1. The van der Waals surface area contributed by atoms with Gasteiger partial charge < -0.3 is 30.1 Å². The highest BCUT2D eigenvalue weighted by Gasteiger charge is 2.38. The van der Waals surface area contributed by atoms with Gasteiger partial charge in [-0.3, -0.25) is 9.59 Å². The van der Waals surface area contributed by atoms with Crippen molar-refractivity contribution in [1.29, 1.82) is 0 Å². The van der Waals surface area contributed by atoms with Gasteiger partial charge in [-0.2, -0.15) is 0 Å². The number of amides is 2. The van der Waals surface area contributed by atoms with Crippen molar-refractivity contribution in [3.05, 3.63) is 64.7 Å². The number of aliphatic hydroxyl groups excluding tert-OH is 2. The van der Waals surface area contributed by atoms with Crippen LogP contribution >= 0.6 is 11.6 Å². The number of hydrogen-bond acceptors (Lipinski definition) is 6. The van der Waals surface area contributed by atoms with E-state index in [0.717, 1.165) is 49.0 Å². The molecule has 2 aliphatic heterocycles. The quantitative estimate of drug-likeness (QED) is 0.474. The fraction of sp³-hybridized carbons (Fsp3) is 0.481. The van der Waals surface area contributed by atoms with E-state index in [1.54, 1.807) is 19.2 Å². The van der Waals surface area contributed by atoms with Gasteiger partial charge in [0.2, 0.25) is 0 Å². The SMILES string of the molecule is COC[C@@H]1CCCN1c1ccc(CNC(=O)[C@H](O)[C@@H](O)C(=O)N2CCC[C@@H]2c2cccc(Cl)c2)cc1. The molecule has 36 heavy (non-hydrogen) atoms. The van der Waals surface area contributed by atoms with Gasteiger partial charge in [0.25, 0.3) is 11.8 Å². The lowest BCUT2D eigenvalue weighted by atomic mass is 10.0. The Morgan fingerprint density at radius 2 is 1.83 bits per heavy atom. The number of benzene rings is 2. The number of likely N-dealkylation sites (tertiary alicyclic amines) is 1. The molecule has 0 aliphatic carbocycles. The van der Waals surface area contributed by atoms with Gasteiger partial charge in [0, 0.05) is 37.5 Å². The Balaban J connectivity index is 1.31. The van der Waals surface area contributed by atoms with Crippen molar-refractivity contribution in [3.63, 3.8) is 0 Å². The smallest absolute Gasteiger partial charge is 0.255 e. The van der Waals surface area contributed by atoms with Gasteiger partial charge in [-0.15, -0.1) is 0 Å². The van der Waals surface area contributed by atoms with Crippen molar-refractivity contribution in [1.82, 2.24) is 10.2 Å². The minimum Gasteiger partial charge on any atom is -0.383 e. The van der Waals surface area contributed by atoms with Crippen LogP contribution in [0.3, 0.4) is 0 Å². The second-order valence-electron chi connectivity index (χ2n) is 9.46. The van der Waals surface area contributed by atoms with E-state index in [1.165, 1.54) is 4.90 Å². The van der Waals surface area contributed by atoms with Gasteiger partial charge in [-0.1, -0.05) is 35.9 Å². The highest BCUT2D eigenvalue weighted by atomic mass is 35.5. The largest absolute Gasteiger partial charge is 0.383 e. The Hall–Kier alpha value is -2.65. The number of aliphatic hydroxyl groups is 2. The summed E-state index contributed by atoms with van der Waals surface area (Å²) in [4.78, 5) is 29.3. The number of ether oxygens (including phenoxy) is 1. The molecule has 2 amide bonds. The molecule has 2 heterocycles. The van der Waals surface area contributed by atoms with Crippen LogP contribution in [0.4, 0.5) is 5.69 Å². The first-order valence-corrected chi connectivity index (χ1v) is 12.8. The lowest BCUT2D eigenvalue weighted by molar-refractivity contribution is -0.153. The van der Waals surface area contributed by atoms with Gasteiger partial charge in [0.15, 0.2) is 12.2 Å². The zero-order chi connectivity index (χ0) is 25.7. The molecule has 2 fully saturated rings. The Bertz CT molecular complexity index is 1050. The summed E-state index contributed by atoms with van der Waals surface area (Å²) in [6.45, 7) is 2.29. The Morgan fingerprint density at radius 3 is 2.56 bits per heavy atom. The molecule has 4 atom stereocenters. The maximum atomic E-state index is 13.0. The number of nitrogens with one attached hydrogen (secondary N) is 1. The van der Waals surface area contributed by atoms with Crippen LogP contribution in [-0.2, 0) is 20.9 Å². The zero-order valence-corrected chi connectivity index (χ0v) is 21.2. The molecule has 3 N–H and O–H groups in total. The summed E-state index contributed by atoms with van der Waals surface area (Å²) in [6.07, 6.45) is -0.000753. The molecule has 4 rings (SSSR count). The molecule has 0 aromatic heterocycles. The van der Waals surface area contributed by atoms with Crippen LogP contribution < -0.4 is 10.2 Å². The van der Waals surface area contributed by atoms with E-state index in [2.05, 4.69) is 10.2 Å². The third kappa shape index (κ3) is 6.00. The summed E-state index contributed by atoms with van der Waals surface area (Å²) in [5.74, 6) is -1.46. The third-order valence-corrected chi connectivity index (χ3v) is 7.30. The molecule has 9 heteroatoms. The van der Waals surface area contributed by atoms with Gasteiger partial charge in [-0.05, 0) is 61.1 Å². The van der Waals surface area contributed by atoms with Crippen molar-refractivity contribution in [2.24, 2.45) is 0 Å². The number of carbonyl (C=O) groups excluding carboxylic acids is 2. The zero-order valence-electron chi connectivity index (χ0n) is 20.5. The third-order valence-electron chi connectivity index (χ3n) is 7.06. The summed E-state index contributed by atoms with van der Waals surface area (Å²) in [5, 5.41) is 24.1. The van der Waals surface area contributed by atoms with Crippen molar-refractivity contribution < 1.29 is 24.5 Å². The summed E-state index contributed by atoms with van der Waals surface area (Å²) in [5.41, 5.74) is 2.82. The van der Waals surface area contributed by atoms with Crippen molar-refractivity contribution in [3.8, 4) is 0 Å². The van der Waals surface area contributed by atoms with Crippen LogP contribution in [0.5, 0.6) is 0 Å². The number of halogens is 1. The lowest BCUT2D eigenvalue weighted by Gasteiger charge is -2.28. The number of rotatable bonds is 9. The monoisotopic (exact) mass is 515 g/mol. The van der Waals surface area contributed by atoms with Crippen LogP contribution in [0.25, 0.3) is 0 Å². The number of methoxy groups -OCH3 is 1. The Labute approximate surface area is 216 Å². The molecule has 2 aliphatic rings. The lowest BCUT2D eigenvalue weighted by Crippen LogP contribution is -2.50. The van der Waals surface area contributed by atoms with E-state index in [1.807, 2.05) is 36.4 Å². The molecule has 8 nitrogen and oxygen atoms in total. The minimum absolute atomic E-state index is 0.174. The fourth-order valence-corrected chi connectivity index (χ4v) is 5.38. The summed E-state index contributed by atoms with van der Waals surface area (Å²) in [6, 6.07) is 15.2. The predicted octanol–water partition coefficient (Wildman–Crippen LogP) is 2.66. The highest BCUT2D eigenvalue weighted by molar-refractivity contribution is 6.30. The van der Waals surface area contributed by atoms with Crippen molar-refractivity contribution in [2.45, 2.75) is 56.5 Å². The van der Waals surface area contributed by atoms with E-state index >= 15 is 0 Å². The van der Waals surface area contributed by atoms with E-state index < -0.39 is 24.0 Å². The topological polar surface area (TPSA) is 102 Å². The van der Waals surface area contributed by atoms with E-state index in [-0.39, 0.29) is 12.6 Å². The highest BCUT2D eigenvalue weighted by Crippen LogP contribution is 2.33. The van der Waals surface area contributed by atoms with Crippen LogP contribution in [-0.4, -0.2) is 72.0 Å². The Morgan fingerprint density at radius 1 is 1.08 bits per heavy atom. The maximum absolute atomic E-state index is 13.0. The van der Waals surface area contributed by atoms with Gasteiger partial charge in [0.05, 0.1) is 18.7 Å². The molecular weight excluding hydrogens is 482 g/mol. The molecule has 0 saturated carbocycles. The molecule has 0 unspecified atom stereocenters. The van der Waals surface area contributed by atoms with Gasteiger partial charge in [-0.25, -0.2) is 0 Å². The summed E-state index contributed by atoms with van der Waals surface area (Å²) < 4.78 is 5.32. The molecular formula is C27H34ClN3O5. The number of carbonyl (C=O) groups is 2. The van der Waals surface area contributed by atoms with E-state index in [9.17, 15) is 19.8 Å². The first kappa shape index (κ1) is 26.4. The second-order valence-corrected chi connectivity index (χ2v) is 9.90. The number of hydrogen-bond donors (Lipinski definition) is 3. The molecule has 2 aromatic rings. The molecule has 2 aromatic carbocycles. The van der Waals surface area contributed by atoms with Crippen molar-refractivity contribution in [2.75, 3.05) is 31.7 Å².